The molecule has 3 aromatic carbocycles. The molecule has 0 aromatic heterocycles. The molecule has 1 aliphatic rings. The Kier molecular flexibility index (Phi) is 6.05. The zero-order valence-corrected chi connectivity index (χ0v) is 17.4. The molecule has 156 valence electrons. The van der Waals surface area contributed by atoms with Gasteiger partial charge in [0.15, 0.2) is 11.5 Å². The summed E-state index contributed by atoms with van der Waals surface area (Å²) in [6.07, 6.45) is 3.41. The summed E-state index contributed by atoms with van der Waals surface area (Å²) in [5, 5.41) is 0.610. The predicted octanol–water partition coefficient (Wildman–Crippen LogP) is 6.05. The summed E-state index contributed by atoms with van der Waals surface area (Å²) in [6, 6.07) is 18.5. The Morgan fingerprint density at radius 2 is 1.74 bits per heavy atom. The second kappa shape index (κ2) is 9.06. The number of carbonyl (C=O) groups is 1. The Labute approximate surface area is 184 Å². The number of carbonyl (C=O) groups excluding carboxylic acids is 1. The molecule has 0 spiro atoms. The fourth-order valence-electron chi connectivity index (χ4n) is 3.06. The minimum atomic E-state index is -0.430. The van der Waals surface area contributed by atoms with Crippen molar-refractivity contribution in [2.24, 2.45) is 0 Å². The first-order valence-electron chi connectivity index (χ1n) is 9.48. The minimum Gasteiger partial charge on any atom is -0.493 e. The molecule has 6 heteroatoms. The average molecular weight is 437 g/mol. The lowest BCUT2D eigenvalue weighted by Crippen LogP contribution is -1.99. The van der Waals surface area contributed by atoms with Crippen molar-refractivity contribution in [3.8, 4) is 11.5 Å². The number of halogens is 2. The third kappa shape index (κ3) is 4.95. The molecule has 0 fully saturated rings. The van der Waals surface area contributed by atoms with Gasteiger partial charge in [-0.3, -0.25) is 0 Å². The smallest absolute Gasteiger partial charge is 0.343 e. The fraction of sp³-hybridized carbons (Fsp3) is 0.0800. The highest BCUT2D eigenvalue weighted by Gasteiger charge is 2.22. The van der Waals surface area contributed by atoms with Crippen LogP contribution in [0.2, 0.25) is 5.02 Å². The van der Waals surface area contributed by atoms with Gasteiger partial charge in [-0.15, -0.1) is 0 Å². The zero-order chi connectivity index (χ0) is 21.8. The van der Waals surface area contributed by atoms with E-state index in [1.54, 1.807) is 67.8 Å². The van der Waals surface area contributed by atoms with E-state index in [4.69, 9.17) is 25.8 Å². The van der Waals surface area contributed by atoms with E-state index in [0.717, 1.165) is 16.7 Å². The monoisotopic (exact) mass is 436 g/mol. The molecule has 4 rings (SSSR count). The summed E-state index contributed by atoms with van der Waals surface area (Å²) >= 11 is 5.91. The van der Waals surface area contributed by atoms with Crippen molar-refractivity contribution in [2.45, 2.75) is 6.61 Å². The molecule has 0 unspecified atom stereocenters. The van der Waals surface area contributed by atoms with Crippen molar-refractivity contribution >= 4 is 29.4 Å². The summed E-state index contributed by atoms with van der Waals surface area (Å²) in [4.78, 5) is 12.3. The van der Waals surface area contributed by atoms with E-state index in [-0.39, 0.29) is 12.4 Å². The molecule has 1 heterocycles. The van der Waals surface area contributed by atoms with Gasteiger partial charge in [-0.25, -0.2) is 9.18 Å². The molecule has 1 aliphatic heterocycles. The maximum absolute atomic E-state index is 13.0. The average Bonchev–Trinajstić information content (AvgIpc) is 3.14. The Morgan fingerprint density at radius 3 is 2.45 bits per heavy atom. The van der Waals surface area contributed by atoms with Gasteiger partial charge in [0.1, 0.15) is 18.2 Å². The SMILES string of the molecule is COc1cc(/C=C2\C=C(c3ccc(Cl)cc3)OC2=O)ccc1OCc1ccc(F)cc1. The van der Waals surface area contributed by atoms with E-state index in [0.29, 0.717) is 27.9 Å². The van der Waals surface area contributed by atoms with E-state index < -0.39 is 5.97 Å². The van der Waals surface area contributed by atoms with E-state index in [1.807, 2.05) is 6.07 Å². The highest BCUT2D eigenvalue weighted by atomic mass is 35.5. The number of hydrogen-bond acceptors (Lipinski definition) is 4. The topological polar surface area (TPSA) is 44.8 Å². The molecule has 0 saturated heterocycles. The number of cyclic esters (lactones) is 1. The van der Waals surface area contributed by atoms with Crippen molar-refractivity contribution in [2.75, 3.05) is 7.11 Å². The van der Waals surface area contributed by atoms with Crippen LogP contribution in [0.25, 0.3) is 11.8 Å². The van der Waals surface area contributed by atoms with Crippen LogP contribution in [-0.4, -0.2) is 13.1 Å². The Hall–Kier alpha value is -3.57. The maximum atomic E-state index is 13.0. The van der Waals surface area contributed by atoms with E-state index in [2.05, 4.69) is 0 Å². The molecule has 3 aromatic rings. The first-order valence-corrected chi connectivity index (χ1v) is 9.86. The van der Waals surface area contributed by atoms with Crippen LogP contribution in [-0.2, 0) is 16.1 Å². The first-order chi connectivity index (χ1) is 15.0. The third-order valence-electron chi connectivity index (χ3n) is 4.67. The van der Waals surface area contributed by atoms with Crippen molar-refractivity contribution in [1.82, 2.24) is 0 Å². The van der Waals surface area contributed by atoms with Crippen LogP contribution in [0.4, 0.5) is 4.39 Å². The van der Waals surface area contributed by atoms with Crippen molar-refractivity contribution < 1.29 is 23.4 Å². The zero-order valence-electron chi connectivity index (χ0n) is 16.6. The van der Waals surface area contributed by atoms with Gasteiger partial charge in [-0.05, 0) is 71.8 Å². The number of esters is 1. The number of ether oxygens (including phenoxy) is 3. The predicted molar refractivity (Wildman–Crippen MR) is 117 cm³/mol. The molecular weight excluding hydrogens is 419 g/mol. The Bertz CT molecular complexity index is 1170. The van der Waals surface area contributed by atoms with Crippen LogP contribution in [0.15, 0.2) is 78.4 Å². The lowest BCUT2D eigenvalue weighted by molar-refractivity contribution is -0.130. The van der Waals surface area contributed by atoms with Gasteiger partial charge >= 0.3 is 5.97 Å². The molecule has 0 aliphatic carbocycles. The van der Waals surface area contributed by atoms with Crippen molar-refractivity contribution in [3.05, 3.63) is 106 Å². The minimum absolute atomic E-state index is 0.274. The summed E-state index contributed by atoms with van der Waals surface area (Å²) in [5.74, 6) is 0.808. The summed E-state index contributed by atoms with van der Waals surface area (Å²) in [5.41, 5.74) is 2.78. The van der Waals surface area contributed by atoms with Crippen molar-refractivity contribution in [3.63, 3.8) is 0 Å². The number of hydrogen-bond donors (Lipinski definition) is 0. The molecule has 0 bridgehead atoms. The maximum Gasteiger partial charge on any atom is 0.343 e. The van der Waals surface area contributed by atoms with E-state index in [1.165, 1.54) is 12.1 Å². The summed E-state index contributed by atoms with van der Waals surface area (Å²) in [6.45, 7) is 0.274. The first kappa shape index (κ1) is 20.7. The molecular formula is C25H18ClFO4. The Balaban J connectivity index is 1.52. The lowest BCUT2D eigenvalue weighted by atomic mass is 10.1. The standard InChI is InChI=1S/C25H18ClFO4/c1-29-24-13-17(4-11-22(24)30-15-16-2-9-21(27)10-3-16)12-19-14-23(31-25(19)28)18-5-7-20(26)8-6-18/h2-14H,15H2,1H3/b19-12+. The summed E-state index contributed by atoms with van der Waals surface area (Å²) in [7, 11) is 1.54. The second-order valence-corrected chi connectivity index (χ2v) is 7.27. The van der Waals surface area contributed by atoms with Gasteiger partial charge in [0.25, 0.3) is 0 Å². The molecule has 0 amide bonds. The fourth-order valence-corrected chi connectivity index (χ4v) is 3.19. The Morgan fingerprint density at radius 1 is 1.00 bits per heavy atom. The van der Waals surface area contributed by atoms with E-state index in [9.17, 15) is 9.18 Å². The van der Waals surface area contributed by atoms with Gasteiger partial charge in [-0.1, -0.05) is 29.8 Å². The summed E-state index contributed by atoms with van der Waals surface area (Å²) < 4.78 is 29.6. The quantitative estimate of drug-likeness (QED) is 0.348. The number of rotatable bonds is 6. The van der Waals surface area contributed by atoms with Gasteiger partial charge in [0, 0.05) is 10.6 Å². The van der Waals surface area contributed by atoms with Crippen LogP contribution in [0.1, 0.15) is 16.7 Å². The number of methoxy groups -OCH3 is 1. The third-order valence-corrected chi connectivity index (χ3v) is 4.92. The van der Waals surface area contributed by atoms with Gasteiger partial charge in [0.2, 0.25) is 0 Å². The van der Waals surface area contributed by atoms with Gasteiger partial charge < -0.3 is 14.2 Å². The van der Waals surface area contributed by atoms with Crippen LogP contribution in [0.5, 0.6) is 11.5 Å². The van der Waals surface area contributed by atoms with Crippen LogP contribution in [0, 0.1) is 5.82 Å². The van der Waals surface area contributed by atoms with Crippen LogP contribution < -0.4 is 9.47 Å². The second-order valence-electron chi connectivity index (χ2n) is 6.83. The van der Waals surface area contributed by atoms with Gasteiger partial charge in [0.05, 0.1) is 12.7 Å². The highest BCUT2D eigenvalue weighted by molar-refractivity contribution is 6.30. The lowest BCUT2D eigenvalue weighted by Gasteiger charge is -2.11. The van der Waals surface area contributed by atoms with Gasteiger partial charge in [-0.2, -0.15) is 0 Å². The highest BCUT2D eigenvalue weighted by Crippen LogP contribution is 2.32. The van der Waals surface area contributed by atoms with E-state index >= 15 is 0 Å². The molecule has 0 radical (unpaired) electrons. The largest absolute Gasteiger partial charge is 0.493 e. The van der Waals surface area contributed by atoms with Crippen LogP contribution >= 0.6 is 11.6 Å². The molecule has 0 N–H and O–H groups in total. The molecule has 31 heavy (non-hydrogen) atoms. The number of benzene rings is 3. The normalized spacial score (nSPS) is 14.4. The molecule has 0 saturated carbocycles. The van der Waals surface area contributed by atoms with Crippen molar-refractivity contribution in [1.29, 1.82) is 0 Å². The van der Waals surface area contributed by atoms with Crippen LogP contribution in [0.3, 0.4) is 0 Å². The molecule has 4 nitrogen and oxygen atoms in total. The molecule has 0 atom stereocenters.